The van der Waals surface area contributed by atoms with E-state index < -0.39 is 17.7 Å². The number of thioether (sulfide) groups is 2. The predicted molar refractivity (Wildman–Crippen MR) is 122 cm³/mol. The summed E-state index contributed by atoms with van der Waals surface area (Å²) in [5, 5.41) is 19.5. The van der Waals surface area contributed by atoms with Gasteiger partial charge in [-0.05, 0) is 43.0 Å². The summed E-state index contributed by atoms with van der Waals surface area (Å²) in [6.45, 7) is 1.59. The van der Waals surface area contributed by atoms with E-state index in [2.05, 4.69) is 15.0 Å². The van der Waals surface area contributed by atoms with Crippen LogP contribution >= 0.6 is 23.5 Å². The van der Waals surface area contributed by atoms with Crippen molar-refractivity contribution in [2.45, 2.75) is 29.3 Å². The molecular formula is C22H17F2N5O2S2. The van der Waals surface area contributed by atoms with Gasteiger partial charge in [0.25, 0.3) is 12.0 Å². The Morgan fingerprint density at radius 2 is 1.91 bits per heavy atom. The number of alkyl halides is 2. The number of halogens is 2. The maximum absolute atomic E-state index is 13.2. The summed E-state index contributed by atoms with van der Waals surface area (Å²) in [4.78, 5) is 23.2. The Balaban J connectivity index is 2.05. The summed E-state index contributed by atoms with van der Waals surface area (Å²) in [6.07, 6.45) is -1.01. The van der Waals surface area contributed by atoms with Crippen LogP contribution in [0, 0.1) is 29.6 Å². The molecule has 168 valence electrons. The van der Waals surface area contributed by atoms with E-state index in [4.69, 9.17) is 4.74 Å². The number of hydrogen-bond acceptors (Lipinski definition) is 8. The van der Waals surface area contributed by atoms with Crippen molar-refractivity contribution in [3.8, 4) is 29.1 Å². The van der Waals surface area contributed by atoms with E-state index in [0.717, 1.165) is 11.8 Å². The second kappa shape index (κ2) is 10.5. The molecule has 33 heavy (non-hydrogen) atoms. The fraction of sp³-hybridized carbons (Fsp3) is 0.227. The molecule has 3 aromatic rings. The first-order chi connectivity index (χ1) is 15.8. The number of hydrogen-bond donors (Lipinski definition) is 1. The third-order valence-electron chi connectivity index (χ3n) is 4.66. The fourth-order valence-corrected chi connectivity index (χ4v) is 4.48. The van der Waals surface area contributed by atoms with Crippen LogP contribution in [0.15, 0.2) is 39.2 Å². The maximum Gasteiger partial charge on any atom is 0.280 e. The largest absolute Gasteiger partial charge is 0.496 e. The van der Waals surface area contributed by atoms with E-state index in [-0.39, 0.29) is 27.6 Å². The summed E-state index contributed by atoms with van der Waals surface area (Å²) in [5.74, 6) is 0.755. The number of aromatic amines is 1. The molecule has 0 aliphatic carbocycles. The first-order valence-electron chi connectivity index (χ1n) is 9.41. The Morgan fingerprint density at radius 3 is 2.52 bits per heavy atom. The Labute approximate surface area is 196 Å². The van der Waals surface area contributed by atoms with Crippen molar-refractivity contribution in [3.63, 3.8) is 0 Å². The predicted octanol–water partition coefficient (Wildman–Crippen LogP) is 4.84. The number of aryl methyl sites for hydroxylation is 1. The number of methoxy groups -OCH3 is 1. The minimum atomic E-state index is -2.76. The van der Waals surface area contributed by atoms with E-state index in [1.165, 1.54) is 24.9 Å². The number of ether oxygens (including phenoxy) is 1. The van der Waals surface area contributed by atoms with Gasteiger partial charge in [0.15, 0.2) is 5.16 Å². The van der Waals surface area contributed by atoms with Crippen LogP contribution in [0.3, 0.4) is 0 Å². The van der Waals surface area contributed by atoms with Crippen LogP contribution in [0.2, 0.25) is 0 Å². The molecule has 2 heterocycles. The van der Waals surface area contributed by atoms with Gasteiger partial charge in [0.1, 0.15) is 34.2 Å². The highest BCUT2D eigenvalue weighted by atomic mass is 32.2. The van der Waals surface area contributed by atoms with Gasteiger partial charge in [-0.25, -0.2) is 18.7 Å². The fourth-order valence-electron chi connectivity index (χ4n) is 3.07. The van der Waals surface area contributed by atoms with E-state index in [1.807, 2.05) is 12.1 Å². The quantitative estimate of drug-likeness (QED) is 0.373. The van der Waals surface area contributed by atoms with Crippen LogP contribution in [0.5, 0.6) is 5.75 Å². The lowest BCUT2D eigenvalue weighted by Crippen LogP contribution is -2.14. The van der Waals surface area contributed by atoms with E-state index >= 15 is 0 Å². The van der Waals surface area contributed by atoms with Crippen LogP contribution in [0.25, 0.3) is 11.3 Å². The van der Waals surface area contributed by atoms with Gasteiger partial charge >= 0.3 is 0 Å². The second-order valence-electron chi connectivity index (χ2n) is 6.68. The van der Waals surface area contributed by atoms with Crippen molar-refractivity contribution in [1.82, 2.24) is 15.0 Å². The normalized spacial score (nSPS) is 10.7. The van der Waals surface area contributed by atoms with Crippen LogP contribution in [0.1, 0.15) is 34.4 Å². The monoisotopic (exact) mass is 485 g/mol. The van der Waals surface area contributed by atoms with Gasteiger partial charge in [-0.3, -0.25) is 4.79 Å². The zero-order valence-corrected chi connectivity index (χ0v) is 19.4. The molecule has 3 rings (SSSR count). The molecule has 0 fully saturated rings. The topological polar surface area (TPSA) is 115 Å². The molecule has 0 saturated heterocycles. The molecule has 0 aliphatic rings. The number of pyridine rings is 1. The van der Waals surface area contributed by atoms with Crippen molar-refractivity contribution in [1.29, 1.82) is 10.5 Å². The SMILES string of the molecule is COc1ccc(-c2nc(SC)[nH]c(=O)c2C#N)cc1CSc1nc(C(F)F)cc(C)c1C#N. The third-order valence-corrected chi connectivity index (χ3v) is 6.26. The molecule has 0 spiro atoms. The van der Waals surface area contributed by atoms with Crippen molar-refractivity contribution < 1.29 is 13.5 Å². The Kier molecular flexibility index (Phi) is 7.69. The molecule has 0 saturated carbocycles. The molecule has 1 N–H and O–H groups in total. The second-order valence-corrected chi connectivity index (χ2v) is 8.44. The lowest BCUT2D eigenvalue weighted by molar-refractivity contribution is 0.145. The number of nitrogens with one attached hydrogen (secondary N) is 1. The molecule has 0 atom stereocenters. The molecule has 11 heteroatoms. The maximum atomic E-state index is 13.2. The summed E-state index contributed by atoms with van der Waals surface area (Å²) in [7, 11) is 1.49. The number of nitrogens with zero attached hydrogens (tertiary/aromatic N) is 4. The van der Waals surface area contributed by atoms with Crippen LogP contribution in [-0.2, 0) is 5.75 Å². The molecule has 0 aliphatic heterocycles. The number of benzene rings is 1. The highest BCUT2D eigenvalue weighted by Crippen LogP contribution is 2.34. The Bertz CT molecular complexity index is 1350. The summed E-state index contributed by atoms with van der Waals surface area (Å²) < 4.78 is 31.8. The first-order valence-corrected chi connectivity index (χ1v) is 11.6. The van der Waals surface area contributed by atoms with Gasteiger partial charge in [0.05, 0.1) is 18.4 Å². The van der Waals surface area contributed by atoms with E-state index in [9.17, 15) is 24.1 Å². The average Bonchev–Trinajstić information content (AvgIpc) is 2.81. The molecular weight excluding hydrogens is 468 g/mol. The number of H-pyrrole nitrogens is 1. The smallest absolute Gasteiger partial charge is 0.280 e. The van der Waals surface area contributed by atoms with Crippen molar-refractivity contribution in [2.75, 3.05) is 13.4 Å². The summed E-state index contributed by atoms with van der Waals surface area (Å²) in [5.41, 5.74) is 0.995. The summed E-state index contributed by atoms with van der Waals surface area (Å²) >= 11 is 2.35. The number of rotatable bonds is 7. The lowest BCUT2D eigenvalue weighted by atomic mass is 10.0. The molecule has 0 amide bonds. The average molecular weight is 486 g/mol. The van der Waals surface area contributed by atoms with Gasteiger partial charge in [0, 0.05) is 16.9 Å². The standard InChI is InChI=1S/C22H17F2N5O2S2/c1-11-6-16(19(23)24)27-21(14(11)8-25)33-10-13-7-12(4-5-17(13)31-2)18-15(9-26)20(30)29-22(28-18)32-3/h4-7,19H,10H2,1-3H3,(H,28,29,30). The molecule has 0 radical (unpaired) electrons. The highest BCUT2D eigenvalue weighted by molar-refractivity contribution is 7.98. The molecule has 1 aromatic carbocycles. The highest BCUT2D eigenvalue weighted by Gasteiger charge is 2.18. The minimum absolute atomic E-state index is 0.120. The molecule has 2 aromatic heterocycles. The van der Waals surface area contributed by atoms with E-state index in [1.54, 1.807) is 31.4 Å². The molecule has 0 unspecified atom stereocenters. The van der Waals surface area contributed by atoms with Gasteiger partial charge in [-0.1, -0.05) is 11.8 Å². The van der Waals surface area contributed by atoms with E-state index in [0.29, 0.717) is 27.6 Å². The first kappa shape index (κ1) is 24.2. The number of aromatic nitrogens is 3. The number of nitriles is 2. The van der Waals surface area contributed by atoms with Gasteiger partial charge < -0.3 is 9.72 Å². The van der Waals surface area contributed by atoms with Gasteiger partial charge in [-0.2, -0.15) is 10.5 Å². The zero-order valence-electron chi connectivity index (χ0n) is 17.8. The van der Waals surface area contributed by atoms with Crippen LogP contribution in [-0.4, -0.2) is 28.3 Å². The Morgan fingerprint density at radius 1 is 1.18 bits per heavy atom. The minimum Gasteiger partial charge on any atom is -0.496 e. The van der Waals surface area contributed by atoms with Gasteiger partial charge in [0.2, 0.25) is 0 Å². The van der Waals surface area contributed by atoms with Crippen molar-refractivity contribution >= 4 is 23.5 Å². The Hall–Kier alpha value is -3.41. The lowest BCUT2D eigenvalue weighted by Gasteiger charge is -2.13. The van der Waals surface area contributed by atoms with Crippen LogP contribution in [0.4, 0.5) is 8.78 Å². The van der Waals surface area contributed by atoms with Crippen molar-refractivity contribution in [3.05, 3.63) is 62.6 Å². The molecule has 0 bridgehead atoms. The van der Waals surface area contributed by atoms with Crippen molar-refractivity contribution in [2.24, 2.45) is 0 Å². The molecule has 7 nitrogen and oxygen atoms in total. The zero-order chi connectivity index (χ0) is 24.1. The van der Waals surface area contributed by atoms with Crippen LogP contribution < -0.4 is 10.3 Å². The summed E-state index contributed by atoms with van der Waals surface area (Å²) in [6, 6.07) is 10.2. The third kappa shape index (κ3) is 5.16. The van der Waals surface area contributed by atoms with Gasteiger partial charge in [-0.15, -0.1) is 11.8 Å².